The first-order valence-electron chi connectivity index (χ1n) is 9.88. The van der Waals surface area contributed by atoms with Gasteiger partial charge in [0.2, 0.25) is 0 Å². The lowest BCUT2D eigenvalue weighted by Crippen LogP contribution is -2.49. The minimum atomic E-state index is -1.22. The van der Waals surface area contributed by atoms with Crippen LogP contribution in [-0.4, -0.2) is 27.1 Å². The minimum Gasteiger partial charge on any atom is -0.461 e. The molecule has 0 radical (unpaired) electrons. The van der Waals surface area contributed by atoms with Crippen LogP contribution in [0.2, 0.25) is 0 Å². The predicted octanol–water partition coefficient (Wildman–Crippen LogP) is 5.00. The number of nitrogens with two attached hydrogens (primary N) is 1. The number of rotatable bonds is 5. The summed E-state index contributed by atoms with van der Waals surface area (Å²) in [6.07, 6.45) is 0.238. The molecule has 0 aliphatic rings. The van der Waals surface area contributed by atoms with Crippen LogP contribution >= 0.6 is 15.9 Å². The molecule has 0 fully saturated rings. The van der Waals surface area contributed by atoms with Gasteiger partial charge >= 0.3 is 5.97 Å². The van der Waals surface area contributed by atoms with E-state index in [-0.39, 0.29) is 17.1 Å². The lowest BCUT2D eigenvalue weighted by Gasteiger charge is -2.34. The largest absolute Gasteiger partial charge is 0.461 e. The number of nitrogens with zero attached hydrogens (tertiary/aromatic N) is 3. The van der Waals surface area contributed by atoms with E-state index in [0.29, 0.717) is 11.0 Å². The molecule has 2 rings (SSSR count). The standard InChI is InChI=1S/C22H33BrN4O2/c1-14(2)29-19(28)22(24,13-20(3,4)5)16-11-9-15(10-12-16)17-18(23)26-27(25-17)21(6,7)8/h9-12,14H,13,24H2,1-8H3/t22-/m1/s1. The van der Waals surface area contributed by atoms with Gasteiger partial charge in [-0.25, -0.2) is 4.79 Å². The third kappa shape index (κ3) is 5.66. The molecule has 29 heavy (non-hydrogen) atoms. The second-order valence-corrected chi connectivity index (χ2v) is 10.8. The maximum Gasteiger partial charge on any atom is 0.331 e. The van der Waals surface area contributed by atoms with E-state index in [1.807, 2.05) is 58.9 Å². The van der Waals surface area contributed by atoms with E-state index in [9.17, 15) is 4.79 Å². The summed E-state index contributed by atoms with van der Waals surface area (Å²) in [6.45, 7) is 16.0. The van der Waals surface area contributed by atoms with Gasteiger partial charge in [0, 0.05) is 5.56 Å². The van der Waals surface area contributed by atoms with Gasteiger partial charge in [0.1, 0.15) is 11.2 Å². The summed E-state index contributed by atoms with van der Waals surface area (Å²) >= 11 is 3.50. The van der Waals surface area contributed by atoms with Crippen LogP contribution in [0.25, 0.3) is 11.3 Å². The quantitative estimate of drug-likeness (QED) is 0.628. The molecular weight excluding hydrogens is 432 g/mol. The minimum absolute atomic E-state index is 0.151. The fourth-order valence-electron chi connectivity index (χ4n) is 3.14. The second kappa shape index (κ2) is 8.19. The third-order valence-corrected chi connectivity index (χ3v) is 4.90. The number of aromatic nitrogens is 3. The number of benzene rings is 1. The summed E-state index contributed by atoms with van der Waals surface area (Å²) in [5, 5.41) is 9.08. The lowest BCUT2D eigenvalue weighted by molar-refractivity contribution is -0.156. The van der Waals surface area contributed by atoms with Gasteiger partial charge in [-0.2, -0.15) is 9.90 Å². The van der Waals surface area contributed by atoms with Crippen LogP contribution in [-0.2, 0) is 20.6 Å². The first kappa shape index (κ1) is 23.5. The van der Waals surface area contributed by atoms with E-state index >= 15 is 0 Å². The SMILES string of the molecule is CC(C)OC(=O)[C@@](N)(CC(C)(C)C)c1ccc(-c2nn(C(C)(C)C)nc2Br)cc1. The highest BCUT2D eigenvalue weighted by Gasteiger charge is 2.41. The Morgan fingerprint density at radius 3 is 2.07 bits per heavy atom. The molecule has 0 bridgehead atoms. The second-order valence-electron chi connectivity index (χ2n) is 10.0. The topological polar surface area (TPSA) is 83.0 Å². The molecule has 1 atom stereocenters. The van der Waals surface area contributed by atoms with Crippen LogP contribution in [0.1, 0.15) is 67.4 Å². The van der Waals surface area contributed by atoms with Crippen LogP contribution in [0.4, 0.5) is 0 Å². The maximum absolute atomic E-state index is 12.9. The number of ether oxygens (including phenoxy) is 1. The summed E-state index contributed by atoms with van der Waals surface area (Å²) in [4.78, 5) is 14.6. The summed E-state index contributed by atoms with van der Waals surface area (Å²) < 4.78 is 6.17. The lowest BCUT2D eigenvalue weighted by atomic mass is 9.76. The molecule has 7 heteroatoms. The van der Waals surface area contributed by atoms with Crippen molar-refractivity contribution in [1.29, 1.82) is 0 Å². The molecule has 2 N–H and O–H groups in total. The molecule has 0 unspecified atom stereocenters. The average molecular weight is 465 g/mol. The van der Waals surface area contributed by atoms with Gasteiger partial charge in [0.15, 0.2) is 4.60 Å². The maximum atomic E-state index is 12.9. The number of esters is 1. The van der Waals surface area contributed by atoms with E-state index < -0.39 is 11.5 Å². The number of hydrogen-bond donors (Lipinski definition) is 1. The first-order chi connectivity index (χ1) is 13.1. The highest BCUT2D eigenvalue weighted by molar-refractivity contribution is 9.10. The van der Waals surface area contributed by atoms with Gasteiger partial charge in [-0.1, -0.05) is 45.0 Å². The Kier molecular flexibility index (Phi) is 6.65. The van der Waals surface area contributed by atoms with Crippen molar-refractivity contribution in [3.8, 4) is 11.3 Å². The zero-order valence-electron chi connectivity index (χ0n) is 18.7. The summed E-state index contributed by atoms with van der Waals surface area (Å²) in [5.74, 6) is -0.407. The van der Waals surface area contributed by atoms with E-state index in [1.54, 1.807) is 4.80 Å². The normalized spacial score (nSPS) is 14.7. The Labute approximate surface area is 182 Å². The van der Waals surface area contributed by atoms with Crippen molar-refractivity contribution in [1.82, 2.24) is 15.0 Å². The Hall–Kier alpha value is -1.73. The molecule has 160 valence electrons. The van der Waals surface area contributed by atoms with Crippen molar-refractivity contribution in [2.45, 2.75) is 79.0 Å². The van der Waals surface area contributed by atoms with Crippen molar-refractivity contribution < 1.29 is 9.53 Å². The zero-order valence-corrected chi connectivity index (χ0v) is 20.3. The predicted molar refractivity (Wildman–Crippen MR) is 119 cm³/mol. The summed E-state index contributed by atoms with van der Waals surface area (Å²) in [7, 11) is 0. The molecule has 0 aliphatic heterocycles. The van der Waals surface area contributed by atoms with E-state index in [2.05, 4.69) is 46.9 Å². The first-order valence-corrected chi connectivity index (χ1v) is 10.7. The molecule has 1 heterocycles. The van der Waals surface area contributed by atoms with Gasteiger partial charge in [-0.15, -0.1) is 5.10 Å². The summed E-state index contributed by atoms with van der Waals surface area (Å²) in [5.41, 5.74) is 7.43. The molecule has 2 aromatic rings. The number of hydrogen-bond acceptors (Lipinski definition) is 5. The molecule has 6 nitrogen and oxygen atoms in total. The average Bonchev–Trinajstić information content (AvgIpc) is 2.95. The Morgan fingerprint density at radius 1 is 1.10 bits per heavy atom. The molecule has 1 aromatic heterocycles. The van der Waals surface area contributed by atoms with Crippen LogP contribution in [0.5, 0.6) is 0 Å². The van der Waals surface area contributed by atoms with E-state index in [1.165, 1.54) is 0 Å². The monoisotopic (exact) mass is 464 g/mol. The molecular formula is C22H33BrN4O2. The highest BCUT2D eigenvalue weighted by Crippen LogP contribution is 2.36. The van der Waals surface area contributed by atoms with Gasteiger partial charge in [0.05, 0.1) is 11.6 Å². The van der Waals surface area contributed by atoms with Gasteiger partial charge in [-0.3, -0.25) is 0 Å². The number of halogens is 1. The van der Waals surface area contributed by atoms with Gasteiger partial charge < -0.3 is 10.5 Å². The highest BCUT2D eigenvalue weighted by atomic mass is 79.9. The van der Waals surface area contributed by atoms with Crippen LogP contribution in [0.15, 0.2) is 28.9 Å². The van der Waals surface area contributed by atoms with Crippen LogP contribution < -0.4 is 5.73 Å². The van der Waals surface area contributed by atoms with E-state index in [0.717, 1.165) is 16.8 Å². The molecule has 0 spiro atoms. The van der Waals surface area contributed by atoms with Crippen molar-refractivity contribution in [3.05, 3.63) is 34.4 Å². The van der Waals surface area contributed by atoms with Gasteiger partial charge in [-0.05, 0) is 67.9 Å². The summed E-state index contributed by atoms with van der Waals surface area (Å²) in [6, 6.07) is 7.60. The zero-order chi connectivity index (χ0) is 22.2. The van der Waals surface area contributed by atoms with Crippen molar-refractivity contribution in [2.24, 2.45) is 11.1 Å². The van der Waals surface area contributed by atoms with Crippen molar-refractivity contribution >= 4 is 21.9 Å². The fraction of sp³-hybridized carbons (Fsp3) is 0.591. The van der Waals surface area contributed by atoms with Crippen LogP contribution in [0.3, 0.4) is 0 Å². The molecule has 0 amide bonds. The number of carbonyl (C=O) groups excluding carboxylic acids is 1. The molecule has 1 aromatic carbocycles. The van der Waals surface area contributed by atoms with Gasteiger partial charge in [0.25, 0.3) is 0 Å². The van der Waals surface area contributed by atoms with Crippen molar-refractivity contribution in [2.75, 3.05) is 0 Å². The smallest absolute Gasteiger partial charge is 0.331 e. The number of carbonyl (C=O) groups is 1. The van der Waals surface area contributed by atoms with E-state index in [4.69, 9.17) is 10.5 Å². The molecule has 0 saturated carbocycles. The Morgan fingerprint density at radius 2 is 1.66 bits per heavy atom. The Bertz CT molecular complexity index is 860. The third-order valence-electron chi connectivity index (χ3n) is 4.36. The molecule has 0 saturated heterocycles. The Balaban J connectivity index is 2.44. The van der Waals surface area contributed by atoms with Crippen molar-refractivity contribution in [3.63, 3.8) is 0 Å². The molecule has 0 aliphatic carbocycles. The fourth-order valence-corrected chi connectivity index (χ4v) is 3.60. The van der Waals surface area contributed by atoms with Crippen LogP contribution in [0, 0.1) is 5.41 Å².